The topological polar surface area (TPSA) is 72.6 Å². The number of allylic oxidation sites excluding steroid dienone is 1. The Morgan fingerprint density at radius 3 is 3.00 bits per heavy atom. The van der Waals surface area contributed by atoms with Crippen molar-refractivity contribution in [2.75, 3.05) is 7.11 Å². The monoisotopic (exact) mass is 236 g/mol. The lowest BCUT2D eigenvalue weighted by Crippen LogP contribution is -2.13. The maximum Gasteiger partial charge on any atom is 0.366 e. The molecule has 1 aliphatic rings. The molecule has 0 radical (unpaired) electrons. The van der Waals surface area contributed by atoms with E-state index in [1.54, 1.807) is 6.08 Å². The number of benzene rings is 1. The van der Waals surface area contributed by atoms with E-state index >= 15 is 0 Å². The smallest absolute Gasteiger partial charge is 0.366 e. The molecule has 0 fully saturated rings. The van der Waals surface area contributed by atoms with E-state index in [0.29, 0.717) is 23.7 Å². The first-order valence-electron chi connectivity index (χ1n) is 4.97. The average Bonchev–Trinajstić information content (AvgIpc) is 2.71. The normalized spacial score (nSPS) is 17.4. The van der Waals surface area contributed by atoms with E-state index in [-0.39, 0.29) is 0 Å². The van der Waals surface area contributed by atoms with Gasteiger partial charge in [-0.05, 0) is 24.1 Å². The molecule has 90 valence electrons. The van der Waals surface area contributed by atoms with Crippen molar-refractivity contribution in [1.82, 2.24) is 0 Å². The molecule has 0 bridgehead atoms. The minimum Gasteiger partial charge on any atom is -0.493 e. The highest BCUT2D eigenvalue weighted by molar-refractivity contribution is 5.55. The van der Waals surface area contributed by atoms with Gasteiger partial charge in [0, 0.05) is 5.28 Å². The zero-order chi connectivity index (χ0) is 12.3. The van der Waals surface area contributed by atoms with Crippen LogP contribution in [0.3, 0.4) is 0 Å². The summed E-state index contributed by atoms with van der Waals surface area (Å²) >= 11 is 0. The lowest BCUT2D eigenvalue weighted by atomic mass is 10.1. The van der Waals surface area contributed by atoms with Gasteiger partial charge in [0.05, 0.1) is 7.11 Å². The maximum atomic E-state index is 8.32. The molecule has 1 atom stereocenters. The molecule has 1 aliphatic heterocycles. The fraction of sp³-hybridized carbons (Fsp3) is 0.273. The number of hydrogen-bond acceptors (Lipinski definition) is 5. The highest BCUT2D eigenvalue weighted by atomic mass is 16.7. The summed E-state index contributed by atoms with van der Waals surface area (Å²) in [4.78, 5) is 0. The Morgan fingerprint density at radius 2 is 2.35 bits per heavy atom. The molecule has 17 heavy (non-hydrogen) atoms. The number of hydrogen-bond donors (Lipinski definition) is 1. The third-order valence-corrected chi connectivity index (χ3v) is 2.27. The second-order valence-corrected chi connectivity index (χ2v) is 3.37. The minimum absolute atomic E-state index is 0.456. The number of rotatable bonds is 4. The van der Waals surface area contributed by atoms with Crippen LogP contribution in [0.2, 0.25) is 0 Å². The van der Waals surface area contributed by atoms with Gasteiger partial charge in [0.15, 0.2) is 11.5 Å². The maximum absolute atomic E-state index is 8.32. The first kappa shape index (κ1) is 11.3. The van der Waals surface area contributed by atoms with E-state index in [9.17, 15) is 0 Å². The van der Waals surface area contributed by atoms with Crippen LogP contribution in [0.15, 0.2) is 35.2 Å². The summed E-state index contributed by atoms with van der Waals surface area (Å²) in [5.41, 5.74) is 0.987. The van der Waals surface area contributed by atoms with Crippen LogP contribution in [0.4, 0.5) is 0 Å². The number of methoxy groups -OCH3 is 1. The predicted molar refractivity (Wildman–Crippen MR) is 58.6 cm³/mol. The van der Waals surface area contributed by atoms with Crippen molar-refractivity contribution in [2.24, 2.45) is 10.4 Å². The van der Waals surface area contributed by atoms with Gasteiger partial charge in [-0.1, -0.05) is 11.2 Å². The Bertz CT molecular complexity index is 459. The van der Waals surface area contributed by atoms with Gasteiger partial charge >= 0.3 is 6.41 Å². The zero-order valence-electron chi connectivity index (χ0n) is 9.29. The summed E-state index contributed by atoms with van der Waals surface area (Å²) < 4.78 is 15.8. The van der Waals surface area contributed by atoms with Gasteiger partial charge in [0.2, 0.25) is 5.75 Å². The standard InChI is InChI=1S/C11H12N2O4/c1-3-4-7-5-8(15-2)10-9(6-7)16-11(17-10)12-13-14/h3,5-6,11H,1,4H2,2H3,(H,12,14). The second kappa shape index (κ2) is 4.73. The minimum atomic E-state index is -0.970. The Labute approximate surface area is 98.1 Å². The van der Waals surface area contributed by atoms with E-state index in [0.717, 1.165) is 5.56 Å². The van der Waals surface area contributed by atoms with Gasteiger partial charge in [0.1, 0.15) is 0 Å². The fourth-order valence-electron chi connectivity index (χ4n) is 1.59. The largest absolute Gasteiger partial charge is 0.493 e. The first-order valence-corrected chi connectivity index (χ1v) is 4.97. The fourth-order valence-corrected chi connectivity index (χ4v) is 1.59. The van der Waals surface area contributed by atoms with Crippen LogP contribution in [-0.2, 0) is 6.42 Å². The zero-order valence-corrected chi connectivity index (χ0v) is 9.29. The van der Waals surface area contributed by atoms with Gasteiger partial charge in [-0.3, -0.25) is 0 Å². The van der Waals surface area contributed by atoms with Crippen molar-refractivity contribution < 1.29 is 19.4 Å². The molecule has 0 aliphatic carbocycles. The molecule has 1 unspecified atom stereocenters. The third-order valence-electron chi connectivity index (χ3n) is 2.27. The van der Waals surface area contributed by atoms with Gasteiger partial charge in [-0.2, -0.15) is 0 Å². The Morgan fingerprint density at radius 1 is 1.53 bits per heavy atom. The lowest BCUT2D eigenvalue weighted by molar-refractivity contribution is 0.0378. The van der Waals surface area contributed by atoms with Crippen LogP contribution >= 0.6 is 0 Å². The van der Waals surface area contributed by atoms with Gasteiger partial charge in [-0.15, -0.1) is 6.58 Å². The summed E-state index contributed by atoms with van der Waals surface area (Å²) in [5.74, 6) is 1.52. The van der Waals surface area contributed by atoms with E-state index in [1.165, 1.54) is 7.11 Å². The molecule has 2 rings (SSSR count). The molecule has 0 aromatic heterocycles. The van der Waals surface area contributed by atoms with E-state index in [2.05, 4.69) is 17.0 Å². The van der Waals surface area contributed by atoms with Crippen LogP contribution in [0.1, 0.15) is 5.56 Å². The molecular weight excluding hydrogens is 224 g/mol. The highest BCUT2D eigenvalue weighted by Gasteiger charge is 2.28. The molecule has 1 heterocycles. The van der Waals surface area contributed by atoms with Crippen molar-refractivity contribution >= 4 is 0 Å². The molecule has 1 N–H and O–H groups in total. The Hall–Kier alpha value is -2.24. The van der Waals surface area contributed by atoms with Crippen molar-refractivity contribution in [3.8, 4) is 17.2 Å². The average molecular weight is 236 g/mol. The van der Waals surface area contributed by atoms with E-state index in [4.69, 9.17) is 19.4 Å². The molecular formula is C11H12N2O4. The molecule has 0 spiro atoms. The summed E-state index contributed by atoms with van der Waals surface area (Å²) in [6.45, 7) is 3.67. The second-order valence-electron chi connectivity index (χ2n) is 3.37. The number of fused-ring (bicyclic) bond motifs is 1. The molecule has 1 aromatic rings. The molecule has 0 saturated heterocycles. The van der Waals surface area contributed by atoms with Crippen molar-refractivity contribution in [3.05, 3.63) is 30.4 Å². The molecule has 1 aromatic carbocycles. The molecule has 6 heteroatoms. The van der Waals surface area contributed by atoms with Crippen LogP contribution in [0.5, 0.6) is 17.2 Å². The van der Waals surface area contributed by atoms with Crippen LogP contribution in [0, 0.1) is 0 Å². The number of ether oxygens (including phenoxy) is 3. The van der Waals surface area contributed by atoms with Crippen LogP contribution in [-0.4, -0.2) is 18.7 Å². The van der Waals surface area contributed by atoms with Crippen molar-refractivity contribution in [3.63, 3.8) is 0 Å². The van der Waals surface area contributed by atoms with E-state index < -0.39 is 6.41 Å². The quantitative estimate of drug-likeness (QED) is 0.494. The van der Waals surface area contributed by atoms with Crippen molar-refractivity contribution in [2.45, 2.75) is 12.8 Å². The SMILES string of the molecule is C=CCc1cc(OC)c2c(c1)OC(N=NO)O2. The first-order chi connectivity index (χ1) is 8.28. The molecule has 0 saturated carbocycles. The van der Waals surface area contributed by atoms with Crippen molar-refractivity contribution in [1.29, 1.82) is 0 Å². The van der Waals surface area contributed by atoms with Gasteiger partial charge < -0.3 is 19.4 Å². The van der Waals surface area contributed by atoms with Gasteiger partial charge in [-0.25, -0.2) is 0 Å². The summed E-state index contributed by atoms with van der Waals surface area (Å²) in [6, 6.07) is 3.65. The number of nitrogens with zero attached hydrogens (tertiary/aromatic N) is 2. The lowest BCUT2D eigenvalue weighted by Gasteiger charge is -2.06. The van der Waals surface area contributed by atoms with E-state index in [1.807, 2.05) is 12.1 Å². The Kier molecular flexibility index (Phi) is 3.13. The third kappa shape index (κ3) is 2.15. The van der Waals surface area contributed by atoms with Crippen LogP contribution in [0.25, 0.3) is 0 Å². The highest BCUT2D eigenvalue weighted by Crippen LogP contribution is 2.44. The summed E-state index contributed by atoms with van der Waals surface area (Å²) in [7, 11) is 1.54. The molecule has 6 nitrogen and oxygen atoms in total. The summed E-state index contributed by atoms with van der Waals surface area (Å²) in [6.07, 6.45) is 1.50. The molecule has 0 amide bonds. The summed E-state index contributed by atoms with van der Waals surface area (Å²) in [5, 5.41) is 14.3. The Balaban J connectivity index is 2.34. The van der Waals surface area contributed by atoms with Gasteiger partial charge in [0.25, 0.3) is 0 Å². The van der Waals surface area contributed by atoms with Crippen LogP contribution < -0.4 is 14.2 Å². The predicted octanol–water partition coefficient (Wildman–Crippen LogP) is 2.32.